The van der Waals surface area contributed by atoms with Gasteiger partial charge in [-0.2, -0.15) is 0 Å². The third-order valence-electron chi connectivity index (χ3n) is 4.21. The Morgan fingerprint density at radius 2 is 1.92 bits per heavy atom. The molecule has 0 atom stereocenters. The van der Waals surface area contributed by atoms with Crippen LogP contribution in [0.25, 0.3) is 0 Å². The summed E-state index contributed by atoms with van der Waals surface area (Å²) in [6.07, 6.45) is 3.97. The maximum atomic E-state index is 12.7. The van der Waals surface area contributed by atoms with E-state index in [1.165, 1.54) is 22.7 Å². The molecule has 3 heterocycles. The first-order valence-corrected chi connectivity index (χ1v) is 9.86. The lowest BCUT2D eigenvalue weighted by atomic mass is 10.0. The quantitative estimate of drug-likeness (QED) is 0.509. The van der Waals surface area contributed by atoms with Gasteiger partial charge < -0.3 is 9.84 Å². The van der Waals surface area contributed by atoms with E-state index in [0.29, 0.717) is 16.3 Å². The minimum atomic E-state index is -1.74. The number of aliphatic hydroxyl groups is 1. The number of aryl methyl sites for hydroxylation is 1. The summed E-state index contributed by atoms with van der Waals surface area (Å²) in [6.45, 7) is 5.76. The molecule has 25 heavy (non-hydrogen) atoms. The molecule has 0 fully saturated rings. The van der Waals surface area contributed by atoms with Crippen molar-refractivity contribution in [2.45, 2.75) is 32.5 Å². The third-order valence-corrected chi connectivity index (χ3v) is 6.17. The van der Waals surface area contributed by atoms with Crippen molar-refractivity contribution in [3.05, 3.63) is 63.0 Å². The van der Waals surface area contributed by atoms with Crippen LogP contribution in [0, 0.1) is 6.92 Å². The Balaban J connectivity index is 1.72. The molecule has 0 amide bonds. The first-order valence-electron chi connectivity index (χ1n) is 8.10. The van der Waals surface area contributed by atoms with Crippen molar-refractivity contribution in [1.82, 2.24) is 4.57 Å². The maximum Gasteiger partial charge on any atom is 0.349 e. The summed E-state index contributed by atoms with van der Waals surface area (Å²) >= 11 is 2.68. The highest BCUT2D eigenvalue weighted by atomic mass is 32.1. The van der Waals surface area contributed by atoms with Crippen molar-refractivity contribution in [3.63, 3.8) is 0 Å². The average Bonchev–Trinajstić information content (AvgIpc) is 3.37. The largest absolute Gasteiger partial charge is 0.459 e. The Morgan fingerprint density at radius 3 is 2.40 bits per heavy atom. The van der Waals surface area contributed by atoms with Crippen LogP contribution in [0.1, 0.15) is 22.5 Å². The smallest absolute Gasteiger partial charge is 0.349 e. The predicted octanol–water partition coefficient (Wildman–Crippen LogP) is 2.71. The number of carbonyl (C=O) groups is 1. The highest BCUT2D eigenvalue weighted by Gasteiger charge is 2.43. The molecule has 0 aromatic carbocycles. The molecule has 132 valence electrons. The Hall–Kier alpha value is -1.96. The van der Waals surface area contributed by atoms with Gasteiger partial charge in [-0.05, 0) is 29.8 Å². The van der Waals surface area contributed by atoms with Crippen LogP contribution in [0.4, 0.5) is 0 Å². The number of ether oxygens (including phenoxy) is 1. The van der Waals surface area contributed by atoms with Gasteiger partial charge in [0.2, 0.25) is 5.60 Å². The van der Waals surface area contributed by atoms with Crippen LogP contribution in [0.3, 0.4) is 0 Å². The van der Waals surface area contributed by atoms with Crippen LogP contribution >= 0.6 is 22.7 Å². The van der Waals surface area contributed by atoms with E-state index in [1.54, 1.807) is 12.1 Å². The molecule has 0 saturated heterocycles. The molecule has 3 aromatic heterocycles. The number of esters is 1. The standard InChI is InChI=1S/C18H21N2O3S2/c1-3-19-8-9-20(14(19)2)10-11-23-17(21)18(22,15-6-4-12-24-15)16-7-5-13-25-16/h4-9,12-13,22H,3,10-11H2,1-2H3/q+1. The van der Waals surface area contributed by atoms with E-state index < -0.39 is 11.6 Å². The minimum absolute atomic E-state index is 0.205. The molecule has 3 rings (SSSR count). The number of imidazole rings is 1. The highest BCUT2D eigenvalue weighted by Crippen LogP contribution is 2.36. The van der Waals surface area contributed by atoms with Crippen molar-refractivity contribution in [3.8, 4) is 0 Å². The van der Waals surface area contributed by atoms with Crippen molar-refractivity contribution >= 4 is 28.6 Å². The van der Waals surface area contributed by atoms with Crippen LogP contribution in [0.15, 0.2) is 47.4 Å². The number of rotatable bonds is 7. The van der Waals surface area contributed by atoms with Crippen LogP contribution < -0.4 is 4.57 Å². The summed E-state index contributed by atoms with van der Waals surface area (Å²) < 4.78 is 9.61. The summed E-state index contributed by atoms with van der Waals surface area (Å²) in [5.74, 6) is 0.468. The van der Waals surface area contributed by atoms with Crippen LogP contribution in [-0.2, 0) is 28.2 Å². The van der Waals surface area contributed by atoms with Gasteiger partial charge in [0.15, 0.2) is 0 Å². The Kier molecular flexibility index (Phi) is 5.36. The number of aromatic nitrogens is 2. The maximum absolute atomic E-state index is 12.7. The molecule has 7 heteroatoms. The molecule has 5 nitrogen and oxygen atoms in total. The third kappa shape index (κ3) is 3.40. The molecule has 0 unspecified atom stereocenters. The van der Waals surface area contributed by atoms with Gasteiger partial charge in [0.25, 0.3) is 5.82 Å². The zero-order valence-corrected chi connectivity index (χ0v) is 15.8. The highest BCUT2D eigenvalue weighted by molar-refractivity contribution is 7.12. The first kappa shape index (κ1) is 17.8. The summed E-state index contributed by atoms with van der Waals surface area (Å²) in [6, 6.07) is 7.15. The number of nitrogens with zero attached hydrogens (tertiary/aromatic N) is 2. The van der Waals surface area contributed by atoms with Crippen LogP contribution in [-0.4, -0.2) is 22.2 Å². The molecule has 0 spiro atoms. The van der Waals surface area contributed by atoms with E-state index in [4.69, 9.17) is 4.74 Å². The number of carbonyl (C=O) groups excluding carboxylic acids is 1. The molecular weight excluding hydrogens is 356 g/mol. The van der Waals surface area contributed by atoms with E-state index in [1.807, 2.05) is 46.8 Å². The molecule has 0 bridgehead atoms. The molecular formula is C18H21N2O3S2+. The summed E-state index contributed by atoms with van der Waals surface area (Å²) in [7, 11) is 0. The molecule has 0 saturated carbocycles. The Labute approximate surface area is 154 Å². The Morgan fingerprint density at radius 1 is 1.28 bits per heavy atom. The van der Waals surface area contributed by atoms with E-state index in [9.17, 15) is 9.90 Å². The molecule has 0 aliphatic heterocycles. The van der Waals surface area contributed by atoms with Crippen LogP contribution in [0.2, 0.25) is 0 Å². The van der Waals surface area contributed by atoms with Gasteiger partial charge in [-0.25, -0.2) is 13.9 Å². The van der Waals surface area contributed by atoms with E-state index in [0.717, 1.165) is 12.4 Å². The van der Waals surface area contributed by atoms with Crippen molar-refractivity contribution < 1.29 is 19.2 Å². The molecule has 0 aliphatic carbocycles. The molecule has 0 aliphatic rings. The summed E-state index contributed by atoms with van der Waals surface area (Å²) in [4.78, 5) is 13.9. The predicted molar refractivity (Wildman–Crippen MR) is 97.6 cm³/mol. The van der Waals surface area contributed by atoms with E-state index in [-0.39, 0.29) is 6.61 Å². The zero-order valence-electron chi connectivity index (χ0n) is 14.2. The van der Waals surface area contributed by atoms with Crippen molar-refractivity contribution in [2.24, 2.45) is 0 Å². The summed E-state index contributed by atoms with van der Waals surface area (Å²) in [5.41, 5.74) is -1.74. The molecule has 0 radical (unpaired) electrons. The lowest BCUT2D eigenvalue weighted by Gasteiger charge is -2.23. The zero-order chi connectivity index (χ0) is 17.9. The lowest BCUT2D eigenvalue weighted by Crippen LogP contribution is -2.41. The van der Waals surface area contributed by atoms with E-state index >= 15 is 0 Å². The SMILES string of the molecule is CCn1cc[n+](CCOC(=O)C(O)(c2cccs2)c2cccs2)c1C. The second-order valence-electron chi connectivity index (χ2n) is 5.63. The normalized spacial score (nSPS) is 11.6. The topological polar surface area (TPSA) is 55.3 Å². The van der Waals surface area contributed by atoms with Gasteiger partial charge in [0.05, 0.1) is 16.3 Å². The van der Waals surface area contributed by atoms with Gasteiger partial charge in [0.1, 0.15) is 25.5 Å². The van der Waals surface area contributed by atoms with Gasteiger partial charge >= 0.3 is 5.97 Å². The second kappa shape index (κ2) is 7.51. The molecule has 3 aromatic rings. The van der Waals surface area contributed by atoms with Gasteiger partial charge in [-0.1, -0.05) is 12.1 Å². The van der Waals surface area contributed by atoms with Crippen LogP contribution in [0.5, 0.6) is 0 Å². The Bertz CT molecular complexity index is 789. The van der Waals surface area contributed by atoms with E-state index in [2.05, 4.69) is 11.5 Å². The van der Waals surface area contributed by atoms with Crippen molar-refractivity contribution in [1.29, 1.82) is 0 Å². The lowest BCUT2D eigenvalue weighted by molar-refractivity contribution is -0.703. The minimum Gasteiger partial charge on any atom is -0.459 e. The fraction of sp³-hybridized carbons (Fsp3) is 0.333. The fourth-order valence-corrected chi connectivity index (χ4v) is 4.46. The van der Waals surface area contributed by atoms with Gasteiger partial charge in [-0.15, -0.1) is 22.7 Å². The van der Waals surface area contributed by atoms with Gasteiger partial charge in [-0.3, -0.25) is 0 Å². The number of hydrogen-bond donors (Lipinski definition) is 1. The molecule has 1 N–H and O–H groups in total. The van der Waals surface area contributed by atoms with Crippen molar-refractivity contribution in [2.75, 3.05) is 6.61 Å². The summed E-state index contributed by atoms with van der Waals surface area (Å²) in [5, 5.41) is 14.8. The number of hydrogen-bond acceptors (Lipinski definition) is 5. The fourth-order valence-electron chi connectivity index (χ4n) is 2.74. The first-order chi connectivity index (χ1) is 12.1. The number of thiophene rings is 2. The average molecular weight is 378 g/mol. The monoisotopic (exact) mass is 377 g/mol. The van der Waals surface area contributed by atoms with Gasteiger partial charge in [0, 0.05) is 6.92 Å². The second-order valence-corrected chi connectivity index (χ2v) is 7.52.